The van der Waals surface area contributed by atoms with Crippen molar-refractivity contribution < 1.29 is 9.26 Å². The molecule has 21 heavy (non-hydrogen) atoms. The third kappa shape index (κ3) is 4.11. The summed E-state index contributed by atoms with van der Waals surface area (Å²) in [4.78, 5) is 6.45. The van der Waals surface area contributed by atoms with Crippen LogP contribution in [-0.4, -0.2) is 22.8 Å². The van der Waals surface area contributed by atoms with Crippen LogP contribution in [0.2, 0.25) is 0 Å². The fourth-order valence-electron chi connectivity index (χ4n) is 1.84. The highest BCUT2D eigenvalue weighted by molar-refractivity contribution is 5.54. The van der Waals surface area contributed by atoms with E-state index in [2.05, 4.69) is 10.1 Å². The van der Waals surface area contributed by atoms with Crippen LogP contribution >= 0.6 is 0 Å². The zero-order chi connectivity index (χ0) is 15.6. The Hall–Kier alpha value is -2.24. The van der Waals surface area contributed by atoms with Gasteiger partial charge in [-0.05, 0) is 39.8 Å². The second-order valence-corrected chi connectivity index (χ2v) is 6.06. The number of nitrogen functional groups attached to an aromatic ring is 1. The first-order valence-electron chi connectivity index (χ1n) is 6.83. The van der Waals surface area contributed by atoms with E-state index in [1.165, 1.54) is 0 Å². The lowest BCUT2D eigenvalue weighted by Gasteiger charge is -2.23. The minimum absolute atomic E-state index is 0.346. The van der Waals surface area contributed by atoms with Crippen molar-refractivity contribution >= 4 is 11.5 Å². The smallest absolute Gasteiger partial charge is 0.239 e. The number of hydrogen-bond acceptors (Lipinski definition) is 6. The van der Waals surface area contributed by atoms with E-state index in [0.29, 0.717) is 18.1 Å². The van der Waals surface area contributed by atoms with E-state index in [1.54, 1.807) is 6.07 Å². The molecule has 2 aromatic rings. The molecule has 0 bridgehead atoms. The van der Waals surface area contributed by atoms with E-state index in [0.717, 1.165) is 17.3 Å². The molecule has 0 aliphatic heterocycles. The molecule has 0 atom stereocenters. The minimum Gasteiger partial charge on any atom is -0.470 e. The second kappa shape index (κ2) is 5.63. The summed E-state index contributed by atoms with van der Waals surface area (Å²) in [7, 11) is 1.93. The summed E-state index contributed by atoms with van der Waals surface area (Å²) < 4.78 is 10.8. The molecular weight excluding hydrogens is 268 g/mol. The van der Waals surface area contributed by atoms with Crippen LogP contribution in [0.1, 0.15) is 32.2 Å². The molecule has 0 radical (unpaired) electrons. The van der Waals surface area contributed by atoms with E-state index in [4.69, 9.17) is 15.0 Å². The van der Waals surface area contributed by atoms with Gasteiger partial charge in [0.25, 0.3) is 0 Å². The number of ether oxygens (including phenoxy) is 1. The maximum atomic E-state index is 5.92. The topological polar surface area (TPSA) is 77.4 Å². The Morgan fingerprint density at radius 3 is 2.62 bits per heavy atom. The van der Waals surface area contributed by atoms with Gasteiger partial charge in [0.05, 0.1) is 12.2 Å². The Balaban J connectivity index is 2.17. The van der Waals surface area contributed by atoms with Gasteiger partial charge in [-0.15, -0.1) is 0 Å². The zero-order valence-corrected chi connectivity index (χ0v) is 13.2. The van der Waals surface area contributed by atoms with Crippen LogP contribution in [-0.2, 0) is 6.54 Å². The summed E-state index contributed by atoms with van der Waals surface area (Å²) in [5.41, 5.74) is 6.95. The quantitative estimate of drug-likeness (QED) is 0.933. The monoisotopic (exact) mass is 290 g/mol. The van der Waals surface area contributed by atoms with Gasteiger partial charge in [0.15, 0.2) is 0 Å². The van der Waals surface area contributed by atoms with Crippen molar-refractivity contribution in [2.24, 2.45) is 0 Å². The molecule has 2 rings (SSSR count). The van der Waals surface area contributed by atoms with Crippen molar-refractivity contribution in [3.63, 3.8) is 0 Å². The lowest BCUT2D eigenvalue weighted by molar-refractivity contribution is 0.125. The van der Waals surface area contributed by atoms with E-state index >= 15 is 0 Å². The van der Waals surface area contributed by atoms with Gasteiger partial charge in [0.1, 0.15) is 22.9 Å². The van der Waals surface area contributed by atoms with E-state index in [-0.39, 0.29) is 5.60 Å². The highest BCUT2D eigenvalue weighted by Crippen LogP contribution is 2.26. The number of pyridine rings is 1. The van der Waals surface area contributed by atoms with Crippen LogP contribution in [0.3, 0.4) is 0 Å². The van der Waals surface area contributed by atoms with Crippen LogP contribution in [0, 0.1) is 6.92 Å². The zero-order valence-electron chi connectivity index (χ0n) is 13.2. The van der Waals surface area contributed by atoms with E-state index < -0.39 is 0 Å². The Bertz CT molecular complexity index is 616. The maximum Gasteiger partial charge on any atom is 0.239 e. The van der Waals surface area contributed by atoms with Gasteiger partial charge in [-0.25, -0.2) is 0 Å². The summed E-state index contributed by atoms with van der Waals surface area (Å²) in [6, 6.07) is 5.56. The molecule has 0 saturated heterocycles. The molecule has 0 aromatic carbocycles. The molecule has 0 saturated carbocycles. The molecule has 2 heterocycles. The summed E-state index contributed by atoms with van der Waals surface area (Å²) >= 11 is 0. The van der Waals surface area contributed by atoms with Crippen LogP contribution in [0.4, 0.5) is 11.5 Å². The predicted molar refractivity (Wildman–Crippen MR) is 82.4 cm³/mol. The number of rotatable bonds is 4. The highest BCUT2D eigenvalue weighted by Gasteiger charge is 2.16. The largest absolute Gasteiger partial charge is 0.470 e. The molecule has 6 heteroatoms. The lowest BCUT2D eigenvalue weighted by Crippen LogP contribution is -2.25. The fraction of sp³-hybridized carbons (Fsp3) is 0.467. The van der Waals surface area contributed by atoms with Gasteiger partial charge in [-0.3, -0.25) is 0 Å². The van der Waals surface area contributed by atoms with Crippen molar-refractivity contribution in [2.45, 2.75) is 39.8 Å². The van der Waals surface area contributed by atoms with Crippen LogP contribution in [0.15, 0.2) is 22.7 Å². The van der Waals surface area contributed by atoms with Crippen molar-refractivity contribution in [3.8, 4) is 5.88 Å². The number of aromatic nitrogens is 2. The molecule has 0 unspecified atom stereocenters. The molecule has 6 nitrogen and oxygen atoms in total. The summed E-state index contributed by atoms with van der Waals surface area (Å²) in [6.07, 6.45) is 0. The maximum absolute atomic E-state index is 5.92. The molecule has 0 aliphatic rings. The Labute approximate surface area is 124 Å². The molecule has 2 N–H and O–H groups in total. The molecule has 0 aliphatic carbocycles. The van der Waals surface area contributed by atoms with Gasteiger partial charge < -0.3 is 19.9 Å². The molecule has 0 amide bonds. The normalized spacial score (nSPS) is 11.5. The highest BCUT2D eigenvalue weighted by atomic mass is 16.5. The van der Waals surface area contributed by atoms with Crippen molar-refractivity contribution in [3.05, 3.63) is 29.7 Å². The number of anilines is 2. The van der Waals surface area contributed by atoms with Gasteiger partial charge in [-0.2, -0.15) is 4.98 Å². The van der Waals surface area contributed by atoms with Gasteiger partial charge in [0.2, 0.25) is 5.88 Å². The van der Waals surface area contributed by atoms with Gasteiger partial charge in [-0.1, -0.05) is 5.16 Å². The van der Waals surface area contributed by atoms with Crippen LogP contribution < -0.4 is 15.4 Å². The van der Waals surface area contributed by atoms with Crippen molar-refractivity contribution in [1.29, 1.82) is 0 Å². The molecule has 0 spiro atoms. The molecule has 0 fully saturated rings. The standard InChI is InChI=1S/C15H22N4O2/c1-10-8-11(18-21-10)9-19(5)13-7-6-12(16)14(17-13)20-15(2,3)4/h6-8H,9,16H2,1-5H3. The van der Waals surface area contributed by atoms with E-state index in [1.807, 2.05) is 51.8 Å². The second-order valence-electron chi connectivity index (χ2n) is 6.06. The van der Waals surface area contributed by atoms with Crippen molar-refractivity contribution in [1.82, 2.24) is 10.1 Å². The number of nitrogens with two attached hydrogens (primary N) is 1. The predicted octanol–water partition coefficient (Wildman–Crippen LogP) is 2.77. The fourth-order valence-corrected chi connectivity index (χ4v) is 1.84. The molecular formula is C15H22N4O2. The number of nitrogens with zero attached hydrogens (tertiary/aromatic N) is 3. The Morgan fingerprint density at radius 1 is 1.33 bits per heavy atom. The number of hydrogen-bond donors (Lipinski definition) is 1. The average Bonchev–Trinajstić information content (AvgIpc) is 2.75. The first-order valence-corrected chi connectivity index (χ1v) is 6.83. The third-order valence-electron chi connectivity index (χ3n) is 2.74. The average molecular weight is 290 g/mol. The number of aryl methyl sites for hydroxylation is 1. The molecule has 114 valence electrons. The van der Waals surface area contributed by atoms with Crippen LogP contribution in [0.25, 0.3) is 0 Å². The van der Waals surface area contributed by atoms with E-state index in [9.17, 15) is 0 Å². The van der Waals surface area contributed by atoms with Gasteiger partial charge >= 0.3 is 0 Å². The Kier molecular flexibility index (Phi) is 4.06. The Morgan fingerprint density at radius 2 is 2.05 bits per heavy atom. The summed E-state index contributed by atoms with van der Waals surface area (Å²) in [5.74, 6) is 2.01. The molecule has 2 aromatic heterocycles. The first-order chi connectivity index (χ1) is 9.74. The summed E-state index contributed by atoms with van der Waals surface area (Å²) in [6.45, 7) is 8.35. The van der Waals surface area contributed by atoms with Crippen LogP contribution in [0.5, 0.6) is 5.88 Å². The van der Waals surface area contributed by atoms with Gasteiger partial charge in [0, 0.05) is 13.1 Å². The summed E-state index contributed by atoms with van der Waals surface area (Å²) in [5, 5.41) is 3.98. The lowest BCUT2D eigenvalue weighted by atomic mass is 10.2. The third-order valence-corrected chi connectivity index (χ3v) is 2.74. The minimum atomic E-state index is -0.346. The SMILES string of the molecule is Cc1cc(CN(C)c2ccc(N)c(OC(C)(C)C)n2)no1. The van der Waals surface area contributed by atoms with Crippen molar-refractivity contribution in [2.75, 3.05) is 17.7 Å². The first kappa shape index (κ1) is 15.2.